The van der Waals surface area contributed by atoms with E-state index in [1.54, 1.807) is 0 Å². The number of thiophene rings is 1. The molecule has 0 aliphatic heterocycles. The number of esters is 1. The topological polar surface area (TPSA) is 55.4 Å². The van der Waals surface area contributed by atoms with Gasteiger partial charge in [-0.2, -0.15) is 0 Å². The van der Waals surface area contributed by atoms with E-state index in [1.165, 1.54) is 23.3 Å². The van der Waals surface area contributed by atoms with Gasteiger partial charge in [-0.3, -0.25) is 4.79 Å². The Hall–Kier alpha value is -1.85. The predicted molar refractivity (Wildman–Crippen MR) is 119 cm³/mol. The zero-order chi connectivity index (χ0) is 21.2. The first-order valence-electron chi connectivity index (χ1n) is 9.96. The van der Waals surface area contributed by atoms with Gasteiger partial charge in [0.25, 0.3) is 0 Å². The van der Waals surface area contributed by atoms with E-state index in [2.05, 4.69) is 26.1 Å². The van der Waals surface area contributed by atoms with Crippen LogP contribution < -0.4 is 5.32 Å². The second-order valence-electron chi connectivity index (χ2n) is 8.68. The first-order valence-corrected chi connectivity index (χ1v) is 11.2. The summed E-state index contributed by atoms with van der Waals surface area (Å²) in [5.74, 6) is 0.0911. The minimum atomic E-state index is -0.371. The molecule has 1 aliphatic carbocycles. The second-order valence-corrected chi connectivity index (χ2v) is 10.2. The number of fused-ring (bicyclic) bond motifs is 1. The lowest BCUT2D eigenvalue weighted by Crippen LogP contribution is -2.26. The number of halogens is 1. The monoisotopic (exact) mass is 433 g/mol. The maximum atomic E-state index is 12.6. The van der Waals surface area contributed by atoms with Crippen LogP contribution in [0.2, 0.25) is 5.02 Å². The van der Waals surface area contributed by atoms with Crippen LogP contribution in [0.15, 0.2) is 24.3 Å². The summed E-state index contributed by atoms with van der Waals surface area (Å²) in [4.78, 5) is 26.2. The number of hydrogen-bond donors (Lipinski definition) is 1. The summed E-state index contributed by atoms with van der Waals surface area (Å²) in [7, 11) is 1.39. The van der Waals surface area contributed by atoms with Crippen molar-refractivity contribution >= 4 is 39.8 Å². The van der Waals surface area contributed by atoms with Gasteiger partial charge in [0.2, 0.25) is 5.91 Å². The molecule has 1 aromatic heterocycles. The number of hydrogen-bond acceptors (Lipinski definition) is 4. The van der Waals surface area contributed by atoms with Gasteiger partial charge in [-0.1, -0.05) is 44.5 Å². The van der Waals surface area contributed by atoms with Crippen LogP contribution in [0.3, 0.4) is 0 Å². The summed E-state index contributed by atoms with van der Waals surface area (Å²) >= 11 is 7.44. The summed E-state index contributed by atoms with van der Waals surface area (Å²) in [5.41, 5.74) is 2.86. The molecule has 6 heteroatoms. The van der Waals surface area contributed by atoms with Gasteiger partial charge < -0.3 is 10.1 Å². The van der Waals surface area contributed by atoms with E-state index in [0.29, 0.717) is 34.3 Å². The summed E-state index contributed by atoms with van der Waals surface area (Å²) in [6, 6.07) is 7.49. The van der Waals surface area contributed by atoms with E-state index in [-0.39, 0.29) is 17.3 Å². The number of ether oxygens (including phenoxy) is 1. The van der Waals surface area contributed by atoms with Crippen molar-refractivity contribution in [3.05, 3.63) is 50.9 Å². The molecule has 1 unspecified atom stereocenters. The van der Waals surface area contributed by atoms with Crippen molar-refractivity contribution in [1.29, 1.82) is 0 Å². The molecular formula is C23H28ClNO3S. The Balaban J connectivity index is 1.76. The fourth-order valence-corrected chi connectivity index (χ4v) is 5.29. The molecule has 0 saturated heterocycles. The molecule has 156 valence electrons. The highest BCUT2D eigenvalue weighted by molar-refractivity contribution is 7.17. The van der Waals surface area contributed by atoms with Crippen molar-refractivity contribution in [1.82, 2.24) is 0 Å². The van der Waals surface area contributed by atoms with Crippen LogP contribution in [0.4, 0.5) is 5.00 Å². The highest BCUT2D eigenvalue weighted by Crippen LogP contribution is 2.44. The molecule has 2 aromatic rings. The van der Waals surface area contributed by atoms with Gasteiger partial charge in [0.05, 0.1) is 12.7 Å². The van der Waals surface area contributed by atoms with Crippen LogP contribution in [0.25, 0.3) is 0 Å². The minimum Gasteiger partial charge on any atom is -0.465 e. The molecule has 1 aliphatic rings. The molecule has 4 nitrogen and oxygen atoms in total. The fraction of sp³-hybridized carbons (Fsp3) is 0.478. The molecule has 1 atom stereocenters. The Morgan fingerprint density at radius 3 is 2.55 bits per heavy atom. The van der Waals surface area contributed by atoms with Crippen molar-refractivity contribution in [3.63, 3.8) is 0 Å². The Morgan fingerprint density at radius 1 is 1.24 bits per heavy atom. The van der Waals surface area contributed by atoms with Crippen LogP contribution in [0.5, 0.6) is 0 Å². The molecule has 29 heavy (non-hydrogen) atoms. The number of nitrogens with one attached hydrogen (secondary N) is 1. The van der Waals surface area contributed by atoms with E-state index in [1.807, 2.05) is 24.3 Å². The Bertz CT molecular complexity index is 896. The third-order valence-electron chi connectivity index (χ3n) is 5.69. The third kappa shape index (κ3) is 5.20. The molecule has 1 aromatic carbocycles. The highest BCUT2D eigenvalue weighted by Gasteiger charge is 2.34. The Labute approximate surface area is 181 Å². The molecule has 0 saturated carbocycles. The molecule has 1 amide bonds. The first kappa shape index (κ1) is 21.8. The zero-order valence-electron chi connectivity index (χ0n) is 17.4. The van der Waals surface area contributed by atoms with Crippen molar-refractivity contribution in [3.8, 4) is 0 Å². The number of anilines is 1. The van der Waals surface area contributed by atoms with Gasteiger partial charge in [0, 0.05) is 16.3 Å². The third-order valence-corrected chi connectivity index (χ3v) is 7.11. The smallest absolute Gasteiger partial charge is 0.341 e. The lowest BCUT2D eigenvalue weighted by atomic mass is 9.72. The van der Waals surface area contributed by atoms with Gasteiger partial charge in [-0.25, -0.2) is 4.79 Å². The Kier molecular flexibility index (Phi) is 6.69. The van der Waals surface area contributed by atoms with Crippen LogP contribution in [-0.4, -0.2) is 19.0 Å². The second kappa shape index (κ2) is 8.88. The van der Waals surface area contributed by atoms with E-state index in [4.69, 9.17) is 16.3 Å². The standard InChI is InChI=1S/C23H28ClNO3S/c1-23(2,3)15-8-11-17-18(13-15)29-21(20(17)22(27)28-4)25-19(26)12-7-14-5-9-16(24)10-6-14/h5-6,9-10,15H,7-8,11-13H2,1-4H3,(H,25,26). The lowest BCUT2D eigenvalue weighted by molar-refractivity contribution is -0.116. The number of methoxy groups -OCH3 is 1. The zero-order valence-corrected chi connectivity index (χ0v) is 19.0. The van der Waals surface area contributed by atoms with Gasteiger partial charge in [0.1, 0.15) is 5.00 Å². The van der Waals surface area contributed by atoms with Gasteiger partial charge in [-0.05, 0) is 60.3 Å². The summed E-state index contributed by atoms with van der Waals surface area (Å²) in [6.07, 6.45) is 3.79. The summed E-state index contributed by atoms with van der Waals surface area (Å²) in [6.45, 7) is 6.78. The number of benzene rings is 1. The highest BCUT2D eigenvalue weighted by atomic mass is 35.5. The van der Waals surface area contributed by atoms with E-state index in [0.717, 1.165) is 30.4 Å². The van der Waals surface area contributed by atoms with Crippen LogP contribution in [0.1, 0.15) is 60.0 Å². The largest absolute Gasteiger partial charge is 0.465 e. The van der Waals surface area contributed by atoms with Crippen LogP contribution in [0, 0.1) is 11.3 Å². The quantitative estimate of drug-likeness (QED) is 0.596. The van der Waals surface area contributed by atoms with Crippen molar-refractivity contribution < 1.29 is 14.3 Å². The molecular weight excluding hydrogens is 406 g/mol. The van der Waals surface area contributed by atoms with E-state index >= 15 is 0 Å². The van der Waals surface area contributed by atoms with E-state index in [9.17, 15) is 9.59 Å². The molecule has 1 N–H and O–H groups in total. The van der Waals surface area contributed by atoms with Crippen LogP contribution in [-0.2, 0) is 28.8 Å². The van der Waals surface area contributed by atoms with Gasteiger partial charge in [0.15, 0.2) is 0 Å². The number of carbonyl (C=O) groups is 2. The Morgan fingerprint density at radius 2 is 1.93 bits per heavy atom. The number of rotatable bonds is 5. The van der Waals surface area contributed by atoms with Crippen molar-refractivity contribution in [2.24, 2.45) is 11.3 Å². The molecule has 0 spiro atoms. The predicted octanol–water partition coefficient (Wildman–Crippen LogP) is 5.91. The molecule has 0 bridgehead atoms. The number of aryl methyl sites for hydroxylation is 1. The first-order chi connectivity index (χ1) is 13.7. The molecule has 0 fully saturated rings. The number of amides is 1. The number of carbonyl (C=O) groups excluding carboxylic acids is 2. The van der Waals surface area contributed by atoms with Crippen molar-refractivity contribution in [2.45, 2.75) is 52.9 Å². The van der Waals surface area contributed by atoms with Gasteiger partial charge in [-0.15, -0.1) is 11.3 Å². The van der Waals surface area contributed by atoms with Gasteiger partial charge >= 0.3 is 5.97 Å². The normalized spacial score (nSPS) is 16.2. The summed E-state index contributed by atoms with van der Waals surface area (Å²) < 4.78 is 5.02. The fourth-order valence-electron chi connectivity index (χ4n) is 3.83. The minimum absolute atomic E-state index is 0.101. The molecule has 1 heterocycles. The summed E-state index contributed by atoms with van der Waals surface area (Å²) in [5, 5.41) is 4.27. The lowest BCUT2D eigenvalue weighted by Gasteiger charge is -2.33. The molecule has 0 radical (unpaired) electrons. The van der Waals surface area contributed by atoms with Crippen molar-refractivity contribution in [2.75, 3.05) is 12.4 Å². The van der Waals surface area contributed by atoms with E-state index < -0.39 is 0 Å². The average molecular weight is 434 g/mol. The average Bonchev–Trinajstić information content (AvgIpc) is 3.03. The maximum absolute atomic E-state index is 12.6. The molecule has 3 rings (SSSR count). The van der Waals surface area contributed by atoms with Crippen LogP contribution >= 0.6 is 22.9 Å². The maximum Gasteiger partial charge on any atom is 0.341 e. The SMILES string of the molecule is COC(=O)c1c(NC(=O)CCc2ccc(Cl)cc2)sc2c1CCC(C(C)(C)C)C2.